The molecular formula is C23H26N4O2S. The van der Waals surface area contributed by atoms with Gasteiger partial charge < -0.3 is 15.0 Å². The van der Waals surface area contributed by atoms with Crippen molar-refractivity contribution in [3.05, 3.63) is 65.0 Å². The van der Waals surface area contributed by atoms with Crippen LogP contribution in [0.4, 0.5) is 10.5 Å². The summed E-state index contributed by atoms with van der Waals surface area (Å²) in [5.74, 6) is 0.807. The minimum absolute atomic E-state index is 0.0561. The van der Waals surface area contributed by atoms with E-state index in [0.717, 1.165) is 47.3 Å². The zero-order valence-electron chi connectivity index (χ0n) is 17.1. The van der Waals surface area contributed by atoms with Crippen LogP contribution in [0.3, 0.4) is 0 Å². The van der Waals surface area contributed by atoms with Gasteiger partial charge in [0.05, 0.1) is 18.8 Å². The van der Waals surface area contributed by atoms with E-state index in [1.807, 2.05) is 54.3 Å². The molecule has 0 saturated carbocycles. The fraction of sp³-hybridized carbons (Fsp3) is 0.304. The number of thiazole rings is 1. The molecule has 0 aliphatic carbocycles. The number of carbonyl (C=O) groups excluding carboxylic acids is 1. The number of urea groups is 1. The fourth-order valence-electron chi connectivity index (χ4n) is 3.43. The van der Waals surface area contributed by atoms with Crippen LogP contribution in [0, 0.1) is 0 Å². The Morgan fingerprint density at radius 2 is 1.80 bits per heavy atom. The summed E-state index contributed by atoms with van der Waals surface area (Å²) in [6, 6.07) is 17.7. The molecule has 30 heavy (non-hydrogen) atoms. The monoisotopic (exact) mass is 422 g/mol. The normalized spacial score (nSPS) is 14.5. The summed E-state index contributed by atoms with van der Waals surface area (Å²) in [5.41, 5.74) is 2.96. The van der Waals surface area contributed by atoms with Crippen LogP contribution in [0.25, 0.3) is 11.3 Å². The molecule has 7 heteroatoms. The Hall–Kier alpha value is -2.90. The summed E-state index contributed by atoms with van der Waals surface area (Å²) in [5, 5.41) is 6.20. The highest BCUT2D eigenvalue weighted by molar-refractivity contribution is 7.09. The highest BCUT2D eigenvalue weighted by atomic mass is 32.1. The molecule has 3 aromatic rings. The molecule has 0 bridgehead atoms. The van der Waals surface area contributed by atoms with Crippen LogP contribution < -0.4 is 10.1 Å². The molecule has 1 aromatic heterocycles. The molecule has 1 fully saturated rings. The van der Waals surface area contributed by atoms with Gasteiger partial charge in [-0.05, 0) is 31.2 Å². The van der Waals surface area contributed by atoms with E-state index in [0.29, 0.717) is 19.7 Å². The van der Waals surface area contributed by atoms with E-state index >= 15 is 0 Å². The van der Waals surface area contributed by atoms with Crippen LogP contribution in [0.1, 0.15) is 11.9 Å². The molecule has 2 amide bonds. The van der Waals surface area contributed by atoms with Crippen molar-refractivity contribution in [2.24, 2.45) is 0 Å². The third kappa shape index (κ3) is 5.17. The Balaban J connectivity index is 1.25. The van der Waals surface area contributed by atoms with Crippen molar-refractivity contribution in [3.8, 4) is 17.0 Å². The zero-order chi connectivity index (χ0) is 20.8. The van der Waals surface area contributed by atoms with Crippen molar-refractivity contribution in [1.82, 2.24) is 14.8 Å². The molecule has 1 aliphatic rings. The predicted octanol–water partition coefficient (Wildman–Crippen LogP) is 4.56. The summed E-state index contributed by atoms with van der Waals surface area (Å²) in [6.45, 7) is 6.51. The second kappa shape index (κ2) is 9.73. The Morgan fingerprint density at radius 3 is 2.50 bits per heavy atom. The first-order chi connectivity index (χ1) is 14.7. The SMILES string of the molecule is CCOc1ccc(NC(=O)N2CCN(Cc3nc(-c4ccccc4)cs3)CC2)cc1. The molecule has 1 aliphatic heterocycles. The lowest BCUT2D eigenvalue weighted by molar-refractivity contribution is 0.143. The Morgan fingerprint density at radius 1 is 1.07 bits per heavy atom. The maximum Gasteiger partial charge on any atom is 0.321 e. The molecule has 0 unspecified atom stereocenters. The lowest BCUT2D eigenvalue weighted by atomic mass is 10.2. The van der Waals surface area contributed by atoms with E-state index < -0.39 is 0 Å². The number of nitrogens with zero attached hydrogens (tertiary/aromatic N) is 3. The number of amides is 2. The lowest BCUT2D eigenvalue weighted by Crippen LogP contribution is -2.49. The van der Waals surface area contributed by atoms with Crippen molar-refractivity contribution in [3.63, 3.8) is 0 Å². The molecule has 156 valence electrons. The van der Waals surface area contributed by atoms with Crippen LogP contribution in [-0.2, 0) is 6.54 Å². The third-order valence-corrected chi connectivity index (χ3v) is 5.89. The van der Waals surface area contributed by atoms with Crippen LogP contribution in [0.2, 0.25) is 0 Å². The zero-order valence-corrected chi connectivity index (χ0v) is 17.9. The second-order valence-corrected chi connectivity index (χ2v) is 8.09. The van der Waals surface area contributed by atoms with Gasteiger partial charge in [0.15, 0.2) is 0 Å². The average molecular weight is 423 g/mol. The number of aromatic nitrogens is 1. The smallest absolute Gasteiger partial charge is 0.321 e. The number of nitrogens with one attached hydrogen (secondary N) is 1. The van der Waals surface area contributed by atoms with E-state index in [1.54, 1.807) is 11.3 Å². The summed E-state index contributed by atoms with van der Waals surface area (Å²) in [7, 11) is 0. The molecule has 1 saturated heterocycles. The van der Waals surface area contributed by atoms with Gasteiger partial charge in [-0.1, -0.05) is 30.3 Å². The van der Waals surface area contributed by atoms with Crippen molar-refractivity contribution in [2.75, 3.05) is 38.1 Å². The highest BCUT2D eigenvalue weighted by Gasteiger charge is 2.22. The number of ether oxygens (including phenoxy) is 1. The summed E-state index contributed by atoms with van der Waals surface area (Å²) in [6.07, 6.45) is 0. The molecule has 1 N–H and O–H groups in total. The van der Waals surface area contributed by atoms with Gasteiger partial charge in [-0.15, -0.1) is 11.3 Å². The summed E-state index contributed by atoms with van der Waals surface area (Å²) in [4.78, 5) is 21.6. The number of piperazine rings is 1. The minimum atomic E-state index is -0.0561. The topological polar surface area (TPSA) is 57.7 Å². The number of rotatable bonds is 6. The number of anilines is 1. The largest absolute Gasteiger partial charge is 0.494 e. The van der Waals surface area contributed by atoms with Crippen LogP contribution >= 0.6 is 11.3 Å². The van der Waals surface area contributed by atoms with E-state index in [-0.39, 0.29) is 6.03 Å². The lowest BCUT2D eigenvalue weighted by Gasteiger charge is -2.34. The molecule has 0 radical (unpaired) electrons. The van der Waals surface area contributed by atoms with Crippen molar-refractivity contribution in [1.29, 1.82) is 0 Å². The van der Waals surface area contributed by atoms with E-state index in [1.165, 1.54) is 0 Å². The van der Waals surface area contributed by atoms with Gasteiger partial charge in [0.25, 0.3) is 0 Å². The van der Waals surface area contributed by atoms with E-state index in [4.69, 9.17) is 9.72 Å². The second-order valence-electron chi connectivity index (χ2n) is 7.14. The minimum Gasteiger partial charge on any atom is -0.494 e. The number of hydrogen-bond acceptors (Lipinski definition) is 5. The standard InChI is InChI=1S/C23H26N4O2S/c1-2-29-20-10-8-19(9-11-20)24-23(28)27-14-12-26(13-15-27)16-22-25-21(17-30-22)18-6-4-3-5-7-18/h3-11,17H,2,12-16H2,1H3,(H,24,28). The van der Waals surface area contributed by atoms with Crippen molar-refractivity contribution < 1.29 is 9.53 Å². The van der Waals surface area contributed by atoms with Gasteiger partial charge in [-0.2, -0.15) is 0 Å². The maximum atomic E-state index is 12.6. The third-order valence-electron chi connectivity index (χ3n) is 5.06. The molecule has 2 heterocycles. The Kier molecular flexibility index (Phi) is 6.61. The highest BCUT2D eigenvalue weighted by Crippen LogP contribution is 2.23. The fourth-order valence-corrected chi connectivity index (χ4v) is 4.27. The van der Waals surface area contributed by atoms with Crippen molar-refractivity contribution in [2.45, 2.75) is 13.5 Å². The summed E-state index contributed by atoms with van der Waals surface area (Å²) < 4.78 is 5.44. The predicted molar refractivity (Wildman–Crippen MR) is 121 cm³/mol. The van der Waals surface area contributed by atoms with Gasteiger partial charge in [0.1, 0.15) is 10.8 Å². The first-order valence-corrected chi connectivity index (χ1v) is 11.1. The van der Waals surface area contributed by atoms with Gasteiger partial charge in [0.2, 0.25) is 0 Å². The maximum absolute atomic E-state index is 12.6. The van der Waals surface area contributed by atoms with Gasteiger partial charge in [-0.25, -0.2) is 9.78 Å². The Labute approximate surface area is 181 Å². The molecule has 0 atom stereocenters. The van der Waals surface area contributed by atoms with Crippen LogP contribution in [0.5, 0.6) is 5.75 Å². The Bertz CT molecular complexity index is 951. The van der Waals surface area contributed by atoms with Crippen LogP contribution in [-0.4, -0.2) is 53.6 Å². The average Bonchev–Trinajstić information content (AvgIpc) is 3.25. The van der Waals surface area contributed by atoms with Gasteiger partial charge in [-0.3, -0.25) is 4.90 Å². The molecule has 0 spiro atoms. The van der Waals surface area contributed by atoms with E-state index in [2.05, 4.69) is 27.7 Å². The van der Waals surface area contributed by atoms with Crippen molar-refractivity contribution >= 4 is 23.1 Å². The number of hydrogen-bond donors (Lipinski definition) is 1. The molecule has 4 rings (SSSR count). The molecule has 6 nitrogen and oxygen atoms in total. The van der Waals surface area contributed by atoms with Gasteiger partial charge >= 0.3 is 6.03 Å². The first kappa shape index (κ1) is 20.4. The van der Waals surface area contributed by atoms with Crippen LogP contribution in [0.15, 0.2) is 60.0 Å². The summed E-state index contributed by atoms with van der Waals surface area (Å²) >= 11 is 1.70. The number of benzene rings is 2. The quantitative estimate of drug-likeness (QED) is 0.633. The first-order valence-electron chi connectivity index (χ1n) is 10.2. The molecule has 2 aromatic carbocycles. The molecular weight excluding hydrogens is 396 g/mol. The number of carbonyl (C=O) groups is 1. The van der Waals surface area contributed by atoms with Gasteiger partial charge in [0, 0.05) is 42.8 Å². The van der Waals surface area contributed by atoms with E-state index in [9.17, 15) is 4.79 Å².